The second kappa shape index (κ2) is 7.14. The van der Waals surface area contributed by atoms with E-state index in [1.54, 1.807) is 0 Å². The number of aromatic nitrogens is 2. The molecule has 0 saturated heterocycles. The minimum atomic E-state index is 0.641. The van der Waals surface area contributed by atoms with Gasteiger partial charge in [0.1, 0.15) is 24.0 Å². The number of aldehydes is 1. The van der Waals surface area contributed by atoms with Gasteiger partial charge in [-0.15, -0.1) is 0 Å². The van der Waals surface area contributed by atoms with E-state index in [1.807, 2.05) is 24.3 Å². The molecule has 2 heterocycles. The van der Waals surface area contributed by atoms with Gasteiger partial charge in [0.25, 0.3) is 0 Å². The summed E-state index contributed by atoms with van der Waals surface area (Å²) in [6.45, 7) is 0. The molecule has 34 heavy (non-hydrogen) atoms. The lowest BCUT2D eigenvalue weighted by Crippen LogP contribution is -2.02. The fourth-order valence-corrected chi connectivity index (χ4v) is 5.28. The van der Waals surface area contributed by atoms with E-state index in [1.165, 1.54) is 16.2 Å². The zero-order valence-corrected chi connectivity index (χ0v) is 18.3. The first kappa shape index (κ1) is 18.8. The van der Waals surface area contributed by atoms with Crippen LogP contribution in [0.5, 0.6) is 0 Å². The van der Waals surface area contributed by atoms with Crippen molar-refractivity contribution >= 4 is 51.1 Å². The van der Waals surface area contributed by atoms with Crippen LogP contribution < -0.4 is 0 Å². The molecule has 2 aromatic heterocycles. The van der Waals surface area contributed by atoms with Gasteiger partial charge in [0.15, 0.2) is 5.69 Å². The van der Waals surface area contributed by atoms with Crippen LogP contribution in [-0.2, 0) is 0 Å². The van der Waals surface area contributed by atoms with Crippen LogP contribution in [0, 0.1) is 6.08 Å². The number of rotatable bonds is 3. The molecule has 0 unspecified atom stereocenters. The molecule has 0 saturated carbocycles. The molecule has 0 radical (unpaired) electrons. The molecule has 7 rings (SSSR count). The number of hydrogen-bond donors (Lipinski definition) is 0. The van der Waals surface area contributed by atoms with Crippen LogP contribution in [0.3, 0.4) is 0 Å². The lowest BCUT2D eigenvalue weighted by molar-refractivity contribution is 0.112. The van der Waals surface area contributed by atoms with E-state index in [-0.39, 0.29) is 0 Å². The van der Waals surface area contributed by atoms with Gasteiger partial charge in [-0.3, -0.25) is 9.36 Å². The summed E-state index contributed by atoms with van der Waals surface area (Å²) in [5.74, 6) is 0. The van der Waals surface area contributed by atoms with Crippen molar-refractivity contribution in [2.24, 2.45) is 0 Å². The van der Waals surface area contributed by atoms with Gasteiger partial charge in [-0.1, -0.05) is 48.5 Å². The van der Waals surface area contributed by atoms with Crippen molar-refractivity contribution in [3.05, 3.63) is 120 Å². The molecule has 3 heteroatoms. The number of carbonyl (C=O) groups excluding carboxylic acids is 1. The molecule has 0 N–H and O–H groups in total. The highest BCUT2D eigenvalue weighted by Crippen LogP contribution is 2.36. The number of para-hydroxylation sites is 3. The van der Waals surface area contributed by atoms with E-state index >= 15 is 0 Å². The standard InChI is InChI=1S/C31H19N2O/c34-20-21-17-22(32-28-13-5-1-9-24(28)25-10-2-6-14-29(25)32)19-23(18-21)33-30-15-7-3-11-26(30)27-12-4-8-16-31(27)33/h1-3,5-20H/q+1. The molecule has 0 aliphatic heterocycles. The van der Waals surface area contributed by atoms with E-state index in [9.17, 15) is 4.79 Å². The summed E-state index contributed by atoms with van der Waals surface area (Å²) in [5, 5.41) is 3.57. The van der Waals surface area contributed by atoms with Crippen molar-refractivity contribution in [2.45, 2.75) is 0 Å². The first-order chi connectivity index (χ1) is 16.8. The molecular weight excluding hydrogens is 416 g/mol. The number of nitrogens with zero attached hydrogens (tertiary/aromatic N) is 2. The first-order valence-corrected chi connectivity index (χ1v) is 11.3. The summed E-state index contributed by atoms with van der Waals surface area (Å²) in [6, 6.07) is 31.3. The van der Waals surface area contributed by atoms with E-state index in [2.05, 4.69) is 100 Å². The van der Waals surface area contributed by atoms with Gasteiger partial charge in [0.2, 0.25) is 0 Å². The number of hydrogen-bond acceptors (Lipinski definition) is 1. The summed E-state index contributed by atoms with van der Waals surface area (Å²) in [6.07, 6.45) is 10.2. The highest BCUT2D eigenvalue weighted by atomic mass is 16.1. The second-order valence-electron chi connectivity index (χ2n) is 8.57. The van der Waals surface area contributed by atoms with Gasteiger partial charge in [-0.2, -0.15) is 0 Å². The van der Waals surface area contributed by atoms with E-state index in [0.29, 0.717) is 5.56 Å². The molecule has 0 atom stereocenters. The third-order valence-corrected chi connectivity index (χ3v) is 6.67. The smallest absolute Gasteiger partial charge is 0.168 e. The van der Waals surface area contributed by atoms with Crippen LogP contribution in [0.2, 0.25) is 0 Å². The van der Waals surface area contributed by atoms with Gasteiger partial charge in [-0.25, -0.2) is 0 Å². The maximum absolute atomic E-state index is 12.1. The fourth-order valence-electron chi connectivity index (χ4n) is 5.28. The van der Waals surface area contributed by atoms with Crippen molar-refractivity contribution in [3.8, 4) is 11.4 Å². The Bertz CT molecular complexity index is 1770. The van der Waals surface area contributed by atoms with Gasteiger partial charge in [0.05, 0.1) is 33.7 Å². The Kier molecular flexibility index (Phi) is 3.95. The SMILES string of the molecule is O=Cc1cc(-n2c3c(c4ccccc42)C=[C+]C=C3)cc(-n2c3ccccc3c3ccccc32)c1. The van der Waals surface area contributed by atoms with Crippen LogP contribution in [0.1, 0.15) is 21.6 Å². The third-order valence-electron chi connectivity index (χ3n) is 6.67. The predicted molar refractivity (Wildman–Crippen MR) is 140 cm³/mol. The summed E-state index contributed by atoms with van der Waals surface area (Å²) in [4.78, 5) is 12.1. The Morgan fingerprint density at radius 3 is 1.85 bits per heavy atom. The minimum Gasteiger partial charge on any atom is -0.309 e. The summed E-state index contributed by atoms with van der Waals surface area (Å²) in [7, 11) is 0. The Balaban J connectivity index is 1.58. The van der Waals surface area contributed by atoms with Gasteiger partial charge in [-0.05, 0) is 42.5 Å². The molecule has 0 spiro atoms. The number of fused-ring (bicyclic) bond motifs is 6. The van der Waals surface area contributed by atoms with E-state index in [0.717, 1.165) is 45.5 Å². The number of carbonyl (C=O) groups is 1. The van der Waals surface area contributed by atoms with Crippen LogP contribution in [0.4, 0.5) is 0 Å². The Morgan fingerprint density at radius 2 is 1.21 bits per heavy atom. The molecule has 0 fully saturated rings. The second-order valence-corrected chi connectivity index (χ2v) is 8.57. The fraction of sp³-hybridized carbons (Fsp3) is 0. The van der Waals surface area contributed by atoms with Crippen LogP contribution in [0.25, 0.3) is 56.2 Å². The molecule has 0 bridgehead atoms. The van der Waals surface area contributed by atoms with Crippen molar-refractivity contribution in [1.82, 2.24) is 9.13 Å². The van der Waals surface area contributed by atoms with E-state index < -0.39 is 0 Å². The molecule has 1 aliphatic carbocycles. The predicted octanol–water partition coefficient (Wildman–Crippen LogP) is 7.38. The highest BCUT2D eigenvalue weighted by molar-refractivity contribution is 6.09. The largest absolute Gasteiger partial charge is 0.309 e. The first-order valence-electron chi connectivity index (χ1n) is 11.3. The molecular formula is C31H19N2O+. The molecule has 1 aliphatic rings. The highest BCUT2D eigenvalue weighted by Gasteiger charge is 2.23. The van der Waals surface area contributed by atoms with Crippen LogP contribution in [-0.4, -0.2) is 15.4 Å². The minimum absolute atomic E-state index is 0.641. The van der Waals surface area contributed by atoms with Crippen molar-refractivity contribution in [3.63, 3.8) is 0 Å². The zero-order valence-electron chi connectivity index (χ0n) is 18.3. The molecule has 158 valence electrons. The van der Waals surface area contributed by atoms with Gasteiger partial charge < -0.3 is 4.57 Å². The van der Waals surface area contributed by atoms with Gasteiger partial charge >= 0.3 is 0 Å². The van der Waals surface area contributed by atoms with Gasteiger partial charge in [0, 0.05) is 28.1 Å². The molecule has 6 aromatic rings. The average molecular weight is 436 g/mol. The Hall–Kier alpha value is -4.72. The average Bonchev–Trinajstić information content (AvgIpc) is 3.42. The summed E-state index contributed by atoms with van der Waals surface area (Å²) < 4.78 is 4.49. The maximum atomic E-state index is 12.1. The van der Waals surface area contributed by atoms with Crippen LogP contribution >= 0.6 is 0 Å². The lowest BCUT2D eigenvalue weighted by atomic mass is 10.1. The molecule has 3 nitrogen and oxygen atoms in total. The lowest BCUT2D eigenvalue weighted by Gasteiger charge is -2.13. The third kappa shape index (κ3) is 2.59. The normalized spacial score (nSPS) is 12.4. The van der Waals surface area contributed by atoms with Crippen molar-refractivity contribution in [2.75, 3.05) is 0 Å². The van der Waals surface area contributed by atoms with Crippen molar-refractivity contribution in [1.29, 1.82) is 0 Å². The quantitative estimate of drug-likeness (QED) is 0.210. The number of benzene rings is 4. The molecule has 4 aromatic carbocycles. The monoisotopic (exact) mass is 435 g/mol. The van der Waals surface area contributed by atoms with Crippen LogP contribution in [0.15, 0.2) is 97.1 Å². The summed E-state index contributed by atoms with van der Waals surface area (Å²) >= 11 is 0. The molecule has 0 amide bonds. The van der Waals surface area contributed by atoms with E-state index in [4.69, 9.17) is 0 Å². The Morgan fingerprint density at radius 1 is 0.647 bits per heavy atom. The summed E-state index contributed by atoms with van der Waals surface area (Å²) in [5.41, 5.74) is 8.15. The zero-order chi connectivity index (χ0) is 22.6. The maximum Gasteiger partial charge on any atom is 0.168 e. The van der Waals surface area contributed by atoms with Crippen molar-refractivity contribution < 1.29 is 4.79 Å². The topological polar surface area (TPSA) is 26.9 Å². The Labute approximate surface area is 196 Å². The number of allylic oxidation sites excluding steroid dienone is 2.